The Morgan fingerprint density at radius 3 is 2.42 bits per heavy atom. The lowest BCUT2D eigenvalue weighted by Gasteiger charge is -2.18. The van der Waals surface area contributed by atoms with E-state index in [1.807, 2.05) is 7.05 Å². The van der Waals surface area contributed by atoms with Crippen LogP contribution in [0.2, 0.25) is 0 Å². The Hall–Kier alpha value is -1.61. The van der Waals surface area contributed by atoms with Crippen LogP contribution in [0.4, 0.5) is 0 Å². The molecule has 0 spiro atoms. The third kappa shape index (κ3) is 2.87. The maximum atomic E-state index is 4.64. The second-order valence-electron chi connectivity index (χ2n) is 4.86. The van der Waals surface area contributed by atoms with Gasteiger partial charge in [0.2, 0.25) is 0 Å². The van der Waals surface area contributed by atoms with Gasteiger partial charge < -0.3 is 5.32 Å². The number of hydrogen-bond donors (Lipinski definition) is 1. The first-order chi connectivity index (χ1) is 9.19. The Morgan fingerprint density at radius 2 is 1.89 bits per heavy atom. The number of nitrogens with one attached hydrogen (secondary N) is 1. The zero-order valence-electron chi connectivity index (χ0n) is 12.3. The molecule has 0 saturated carbocycles. The fourth-order valence-corrected chi connectivity index (χ4v) is 2.39. The van der Waals surface area contributed by atoms with Crippen LogP contribution in [-0.2, 0) is 13.0 Å². The first-order valence-corrected chi connectivity index (χ1v) is 7.00. The Labute approximate surface area is 115 Å². The normalized spacial score (nSPS) is 12.6. The molecule has 0 saturated heterocycles. The van der Waals surface area contributed by atoms with Crippen molar-refractivity contribution >= 4 is 0 Å². The van der Waals surface area contributed by atoms with Crippen LogP contribution in [0, 0.1) is 6.92 Å². The lowest BCUT2D eigenvalue weighted by Crippen LogP contribution is -2.21. The van der Waals surface area contributed by atoms with Gasteiger partial charge in [-0.1, -0.05) is 36.8 Å². The molecule has 1 N–H and O–H groups in total. The summed E-state index contributed by atoms with van der Waals surface area (Å²) in [5.74, 6) is 0. The van der Waals surface area contributed by atoms with Crippen molar-refractivity contribution in [1.82, 2.24) is 15.1 Å². The lowest BCUT2D eigenvalue weighted by molar-refractivity contribution is 0.560. The van der Waals surface area contributed by atoms with Crippen LogP contribution in [0.5, 0.6) is 0 Å². The highest BCUT2D eigenvalue weighted by Gasteiger charge is 2.17. The second-order valence-corrected chi connectivity index (χ2v) is 4.86. The highest BCUT2D eigenvalue weighted by atomic mass is 15.3. The van der Waals surface area contributed by atoms with Crippen LogP contribution in [-0.4, -0.2) is 16.8 Å². The molecule has 0 bridgehead atoms. The zero-order chi connectivity index (χ0) is 13.8. The molecule has 1 unspecified atom stereocenters. The molecule has 1 aromatic heterocycles. The van der Waals surface area contributed by atoms with Gasteiger partial charge in [-0.2, -0.15) is 5.10 Å². The minimum atomic E-state index is 0.202. The predicted molar refractivity (Wildman–Crippen MR) is 79.4 cm³/mol. The summed E-state index contributed by atoms with van der Waals surface area (Å²) in [5.41, 5.74) is 4.97. The number of nitrogens with zero attached hydrogens (tertiary/aromatic N) is 2. The quantitative estimate of drug-likeness (QED) is 0.892. The van der Waals surface area contributed by atoms with Gasteiger partial charge in [-0.25, -0.2) is 0 Å². The molecule has 1 aromatic carbocycles. The zero-order valence-corrected chi connectivity index (χ0v) is 12.3. The maximum Gasteiger partial charge on any atom is 0.0745 e. The predicted octanol–water partition coefficient (Wildman–Crippen LogP) is 3.08. The summed E-state index contributed by atoms with van der Waals surface area (Å²) in [6.07, 6.45) is 0.977. The summed E-state index contributed by atoms with van der Waals surface area (Å²) >= 11 is 0. The smallest absolute Gasteiger partial charge is 0.0745 e. The molecule has 0 radical (unpaired) electrons. The third-order valence-corrected chi connectivity index (χ3v) is 3.52. The van der Waals surface area contributed by atoms with E-state index in [0.29, 0.717) is 0 Å². The summed E-state index contributed by atoms with van der Waals surface area (Å²) < 4.78 is 2.10. The van der Waals surface area contributed by atoms with Crippen molar-refractivity contribution in [2.45, 2.75) is 39.8 Å². The van der Waals surface area contributed by atoms with Gasteiger partial charge in [-0.15, -0.1) is 0 Å². The molecule has 2 rings (SSSR count). The van der Waals surface area contributed by atoms with Crippen molar-refractivity contribution in [3.8, 4) is 0 Å². The van der Waals surface area contributed by atoms with Gasteiger partial charge in [-0.05, 0) is 38.9 Å². The van der Waals surface area contributed by atoms with Crippen molar-refractivity contribution in [3.05, 3.63) is 52.8 Å². The average molecular weight is 257 g/mol. The molecular weight excluding hydrogens is 234 g/mol. The van der Waals surface area contributed by atoms with E-state index in [-0.39, 0.29) is 6.04 Å². The van der Waals surface area contributed by atoms with Crippen LogP contribution < -0.4 is 5.32 Å². The average Bonchev–Trinajstić information content (AvgIpc) is 2.85. The standard InChI is InChI=1S/C16H23N3/c1-5-14-11-15(19(6-2)18-14)16(17-4)13-9-7-12(3)8-10-13/h7-11,16-17H,5-6H2,1-4H3. The van der Waals surface area contributed by atoms with Crippen molar-refractivity contribution in [1.29, 1.82) is 0 Å². The molecule has 0 fully saturated rings. The van der Waals surface area contributed by atoms with Gasteiger partial charge in [0.05, 0.1) is 17.4 Å². The second kappa shape index (κ2) is 6.02. The molecule has 0 aliphatic carbocycles. The molecule has 19 heavy (non-hydrogen) atoms. The molecule has 1 atom stereocenters. The highest BCUT2D eigenvalue weighted by molar-refractivity contribution is 5.31. The van der Waals surface area contributed by atoms with E-state index >= 15 is 0 Å². The van der Waals surface area contributed by atoms with Gasteiger partial charge in [0, 0.05) is 6.54 Å². The highest BCUT2D eigenvalue weighted by Crippen LogP contribution is 2.23. The Bertz CT molecular complexity index is 525. The van der Waals surface area contributed by atoms with Gasteiger partial charge in [-0.3, -0.25) is 4.68 Å². The number of hydrogen-bond acceptors (Lipinski definition) is 2. The van der Waals surface area contributed by atoms with Crippen molar-refractivity contribution < 1.29 is 0 Å². The molecule has 3 nitrogen and oxygen atoms in total. The molecule has 0 aliphatic rings. The van der Waals surface area contributed by atoms with Crippen molar-refractivity contribution in [2.24, 2.45) is 0 Å². The maximum absolute atomic E-state index is 4.64. The van der Waals surface area contributed by atoms with Crippen LogP contribution in [0.1, 0.15) is 42.4 Å². The fraction of sp³-hybridized carbons (Fsp3) is 0.438. The summed E-state index contributed by atoms with van der Waals surface area (Å²) in [4.78, 5) is 0. The SMILES string of the molecule is CCc1cc(C(NC)c2ccc(C)cc2)n(CC)n1. The van der Waals surface area contributed by atoms with Gasteiger partial charge in [0.25, 0.3) is 0 Å². The summed E-state index contributed by atoms with van der Waals surface area (Å²) in [6, 6.07) is 11.1. The van der Waals surface area contributed by atoms with Crippen molar-refractivity contribution in [2.75, 3.05) is 7.05 Å². The molecule has 0 amide bonds. The molecule has 2 aromatic rings. The third-order valence-electron chi connectivity index (χ3n) is 3.52. The fourth-order valence-electron chi connectivity index (χ4n) is 2.39. The lowest BCUT2D eigenvalue weighted by atomic mass is 10.0. The number of aryl methyl sites for hydroxylation is 3. The molecule has 3 heteroatoms. The minimum Gasteiger partial charge on any atom is -0.308 e. The first-order valence-electron chi connectivity index (χ1n) is 7.00. The Balaban J connectivity index is 2.41. The summed E-state index contributed by atoms with van der Waals surface area (Å²) in [7, 11) is 2.00. The summed E-state index contributed by atoms with van der Waals surface area (Å²) in [6.45, 7) is 7.30. The van der Waals surface area contributed by atoms with E-state index in [2.05, 4.69) is 66.2 Å². The monoisotopic (exact) mass is 257 g/mol. The Morgan fingerprint density at radius 1 is 1.21 bits per heavy atom. The van der Waals surface area contributed by atoms with Crippen LogP contribution in [0.25, 0.3) is 0 Å². The van der Waals surface area contributed by atoms with Crippen LogP contribution >= 0.6 is 0 Å². The largest absolute Gasteiger partial charge is 0.308 e. The topological polar surface area (TPSA) is 29.9 Å². The summed E-state index contributed by atoms with van der Waals surface area (Å²) in [5, 5.41) is 8.04. The minimum absolute atomic E-state index is 0.202. The number of aromatic nitrogens is 2. The number of benzene rings is 1. The van der Waals surface area contributed by atoms with Crippen molar-refractivity contribution in [3.63, 3.8) is 0 Å². The Kier molecular flexibility index (Phi) is 4.38. The molecule has 102 valence electrons. The van der Waals surface area contributed by atoms with E-state index in [4.69, 9.17) is 0 Å². The molecule has 1 heterocycles. The van der Waals surface area contributed by atoms with Gasteiger partial charge in [0.1, 0.15) is 0 Å². The van der Waals surface area contributed by atoms with Crippen LogP contribution in [0.15, 0.2) is 30.3 Å². The molecule has 0 aliphatic heterocycles. The van der Waals surface area contributed by atoms with E-state index in [9.17, 15) is 0 Å². The molecular formula is C16H23N3. The van der Waals surface area contributed by atoms with Gasteiger partial charge >= 0.3 is 0 Å². The van der Waals surface area contributed by atoms with E-state index in [1.54, 1.807) is 0 Å². The van der Waals surface area contributed by atoms with E-state index < -0.39 is 0 Å². The van der Waals surface area contributed by atoms with Gasteiger partial charge in [0.15, 0.2) is 0 Å². The van der Waals surface area contributed by atoms with E-state index in [0.717, 1.165) is 18.7 Å². The first kappa shape index (κ1) is 13.8. The number of rotatable bonds is 5. The van der Waals surface area contributed by atoms with Crippen LogP contribution in [0.3, 0.4) is 0 Å². The van der Waals surface area contributed by atoms with E-state index in [1.165, 1.54) is 16.8 Å².